The maximum atomic E-state index is 3.66. The molecule has 2 unspecified atom stereocenters. The van der Waals surface area contributed by atoms with Crippen molar-refractivity contribution in [2.45, 2.75) is 52.9 Å². The van der Waals surface area contributed by atoms with Crippen molar-refractivity contribution in [2.75, 3.05) is 13.1 Å². The second-order valence-electron chi connectivity index (χ2n) is 5.01. The van der Waals surface area contributed by atoms with Gasteiger partial charge in [-0.1, -0.05) is 46.5 Å². The lowest BCUT2D eigenvalue weighted by atomic mass is 9.97. The second-order valence-corrected chi connectivity index (χ2v) is 5.01. The van der Waals surface area contributed by atoms with Crippen LogP contribution >= 0.6 is 0 Å². The highest BCUT2D eigenvalue weighted by Crippen LogP contribution is 2.30. The molecule has 1 saturated carbocycles. The van der Waals surface area contributed by atoms with Gasteiger partial charge in [-0.25, -0.2) is 0 Å². The Labute approximate surface area is 89.7 Å². The van der Waals surface area contributed by atoms with Gasteiger partial charge >= 0.3 is 0 Å². The average Bonchev–Trinajstić information content (AvgIpc) is 2.59. The largest absolute Gasteiger partial charge is 0.316 e. The Bertz CT molecular complexity index is 140. The van der Waals surface area contributed by atoms with Crippen LogP contribution in [0, 0.1) is 17.8 Å². The van der Waals surface area contributed by atoms with E-state index in [4.69, 9.17) is 0 Å². The number of hydrogen-bond acceptors (Lipinski definition) is 1. The van der Waals surface area contributed by atoms with Gasteiger partial charge in [-0.15, -0.1) is 0 Å². The molecule has 0 bridgehead atoms. The maximum absolute atomic E-state index is 3.66. The predicted molar refractivity (Wildman–Crippen MR) is 63.4 cm³/mol. The number of nitrogens with one attached hydrogen (secondary N) is 1. The normalized spacial score (nSPS) is 27.4. The molecular weight excluding hydrogens is 170 g/mol. The van der Waals surface area contributed by atoms with Crippen molar-refractivity contribution in [1.82, 2.24) is 5.32 Å². The zero-order valence-electron chi connectivity index (χ0n) is 10.2. The SMILES string of the molecule is CCC(CC)CNCC1CCCC1C. The molecule has 2 atom stereocenters. The monoisotopic (exact) mass is 197 g/mol. The van der Waals surface area contributed by atoms with E-state index >= 15 is 0 Å². The van der Waals surface area contributed by atoms with Crippen molar-refractivity contribution >= 4 is 0 Å². The van der Waals surface area contributed by atoms with Gasteiger partial charge in [-0.3, -0.25) is 0 Å². The summed E-state index contributed by atoms with van der Waals surface area (Å²) in [4.78, 5) is 0. The Kier molecular flexibility index (Phi) is 5.54. The molecule has 0 aromatic rings. The molecule has 1 nitrogen and oxygen atoms in total. The summed E-state index contributed by atoms with van der Waals surface area (Å²) in [5.74, 6) is 2.82. The average molecular weight is 197 g/mol. The molecule has 1 fully saturated rings. The molecule has 0 radical (unpaired) electrons. The second kappa shape index (κ2) is 6.44. The Morgan fingerprint density at radius 1 is 1.21 bits per heavy atom. The summed E-state index contributed by atoms with van der Waals surface area (Å²) in [7, 11) is 0. The Hall–Kier alpha value is -0.0400. The summed E-state index contributed by atoms with van der Waals surface area (Å²) in [6.07, 6.45) is 7.01. The first kappa shape index (κ1) is 12.0. The molecule has 0 heterocycles. The first-order valence-electron chi connectivity index (χ1n) is 6.48. The molecule has 0 saturated heterocycles. The van der Waals surface area contributed by atoms with E-state index in [0.717, 1.165) is 17.8 Å². The number of hydrogen-bond donors (Lipinski definition) is 1. The van der Waals surface area contributed by atoms with Crippen LogP contribution in [0.3, 0.4) is 0 Å². The van der Waals surface area contributed by atoms with E-state index in [-0.39, 0.29) is 0 Å². The van der Waals surface area contributed by atoms with Crippen LogP contribution in [-0.2, 0) is 0 Å². The van der Waals surface area contributed by atoms with Gasteiger partial charge in [0.05, 0.1) is 0 Å². The summed E-state index contributed by atoms with van der Waals surface area (Å²) in [5, 5.41) is 3.66. The lowest BCUT2D eigenvalue weighted by Crippen LogP contribution is -2.28. The van der Waals surface area contributed by atoms with Gasteiger partial charge in [0.1, 0.15) is 0 Å². The van der Waals surface area contributed by atoms with Crippen molar-refractivity contribution < 1.29 is 0 Å². The predicted octanol–water partition coefficient (Wildman–Crippen LogP) is 3.45. The van der Waals surface area contributed by atoms with E-state index in [9.17, 15) is 0 Å². The summed E-state index contributed by atoms with van der Waals surface area (Å²) in [6, 6.07) is 0. The molecule has 0 aromatic carbocycles. The van der Waals surface area contributed by atoms with Crippen molar-refractivity contribution in [1.29, 1.82) is 0 Å². The van der Waals surface area contributed by atoms with Gasteiger partial charge in [0.25, 0.3) is 0 Å². The van der Waals surface area contributed by atoms with E-state index in [1.165, 1.54) is 45.2 Å². The molecule has 0 amide bonds. The van der Waals surface area contributed by atoms with Crippen LogP contribution in [0.25, 0.3) is 0 Å². The third-order valence-corrected chi connectivity index (χ3v) is 4.03. The zero-order chi connectivity index (χ0) is 10.4. The highest BCUT2D eigenvalue weighted by atomic mass is 14.9. The minimum absolute atomic E-state index is 0.895. The molecule has 14 heavy (non-hydrogen) atoms. The minimum Gasteiger partial charge on any atom is -0.316 e. The van der Waals surface area contributed by atoms with Gasteiger partial charge in [-0.2, -0.15) is 0 Å². The highest BCUT2D eigenvalue weighted by Gasteiger charge is 2.22. The van der Waals surface area contributed by atoms with Gasteiger partial charge in [0.2, 0.25) is 0 Å². The van der Waals surface area contributed by atoms with Gasteiger partial charge in [0.15, 0.2) is 0 Å². The van der Waals surface area contributed by atoms with Crippen LogP contribution in [0.5, 0.6) is 0 Å². The van der Waals surface area contributed by atoms with E-state index in [0.29, 0.717) is 0 Å². The van der Waals surface area contributed by atoms with Crippen LogP contribution in [0.2, 0.25) is 0 Å². The van der Waals surface area contributed by atoms with Crippen LogP contribution < -0.4 is 5.32 Å². The zero-order valence-corrected chi connectivity index (χ0v) is 10.2. The summed E-state index contributed by atoms with van der Waals surface area (Å²) < 4.78 is 0. The first-order valence-corrected chi connectivity index (χ1v) is 6.48. The Morgan fingerprint density at radius 2 is 1.93 bits per heavy atom. The molecule has 1 heteroatoms. The fourth-order valence-electron chi connectivity index (χ4n) is 2.58. The van der Waals surface area contributed by atoms with E-state index in [1.807, 2.05) is 0 Å². The fraction of sp³-hybridized carbons (Fsp3) is 1.00. The Balaban J connectivity index is 2.08. The summed E-state index contributed by atoms with van der Waals surface area (Å²) >= 11 is 0. The van der Waals surface area contributed by atoms with Crippen molar-refractivity contribution in [3.63, 3.8) is 0 Å². The molecule has 1 aliphatic rings. The van der Waals surface area contributed by atoms with Crippen LogP contribution in [0.15, 0.2) is 0 Å². The Morgan fingerprint density at radius 3 is 2.43 bits per heavy atom. The highest BCUT2D eigenvalue weighted by molar-refractivity contribution is 4.76. The smallest absolute Gasteiger partial charge is 0.00179 e. The third-order valence-electron chi connectivity index (χ3n) is 4.03. The van der Waals surface area contributed by atoms with Crippen molar-refractivity contribution in [2.24, 2.45) is 17.8 Å². The number of rotatable bonds is 6. The molecule has 0 aliphatic heterocycles. The molecule has 0 aromatic heterocycles. The van der Waals surface area contributed by atoms with E-state index in [2.05, 4.69) is 26.1 Å². The van der Waals surface area contributed by atoms with Gasteiger partial charge in [0, 0.05) is 0 Å². The van der Waals surface area contributed by atoms with Crippen molar-refractivity contribution in [3.8, 4) is 0 Å². The topological polar surface area (TPSA) is 12.0 Å². The van der Waals surface area contributed by atoms with Gasteiger partial charge in [-0.05, 0) is 37.3 Å². The molecule has 1 aliphatic carbocycles. The van der Waals surface area contributed by atoms with E-state index < -0.39 is 0 Å². The van der Waals surface area contributed by atoms with Gasteiger partial charge < -0.3 is 5.32 Å². The molecular formula is C13H27N. The quantitative estimate of drug-likeness (QED) is 0.687. The third kappa shape index (κ3) is 3.61. The van der Waals surface area contributed by atoms with Crippen LogP contribution in [-0.4, -0.2) is 13.1 Å². The summed E-state index contributed by atoms with van der Waals surface area (Å²) in [6.45, 7) is 9.51. The van der Waals surface area contributed by atoms with Crippen LogP contribution in [0.1, 0.15) is 52.9 Å². The molecule has 84 valence electrons. The lowest BCUT2D eigenvalue weighted by Gasteiger charge is -2.18. The molecule has 1 N–H and O–H groups in total. The summed E-state index contributed by atoms with van der Waals surface area (Å²) in [5.41, 5.74) is 0. The minimum atomic E-state index is 0.895. The first-order chi connectivity index (χ1) is 6.77. The van der Waals surface area contributed by atoms with Crippen molar-refractivity contribution in [3.05, 3.63) is 0 Å². The fourth-order valence-corrected chi connectivity index (χ4v) is 2.58. The maximum Gasteiger partial charge on any atom is -0.00179 e. The van der Waals surface area contributed by atoms with E-state index in [1.54, 1.807) is 0 Å². The standard InChI is InChI=1S/C13H27N/c1-4-12(5-2)9-14-10-13-8-6-7-11(13)3/h11-14H,4-10H2,1-3H3. The van der Waals surface area contributed by atoms with Crippen LogP contribution in [0.4, 0.5) is 0 Å². The molecule has 1 rings (SSSR count). The molecule has 0 spiro atoms. The lowest BCUT2D eigenvalue weighted by molar-refractivity contribution is 0.365.